The molecule has 0 atom stereocenters. The maximum absolute atomic E-state index is 12.0. The quantitative estimate of drug-likeness (QED) is 0.201. The molecule has 0 saturated heterocycles. The predicted molar refractivity (Wildman–Crippen MR) is 98.2 cm³/mol. The SMILES string of the molecule is O=C(Oc1ccc2nc3ccc4ccccc4c3nc2c1)c1ccco1. The van der Waals surface area contributed by atoms with Crippen molar-refractivity contribution in [2.24, 2.45) is 0 Å². The van der Waals surface area contributed by atoms with Gasteiger partial charge in [0, 0.05) is 11.5 Å². The van der Waals surface area contributed by atoms with Crippen LogP contribution in [-0.2, 0) is 0 Å². The van der Waals surface area contributed by atoms with Gasteiger partial charge in [0.05, 0.1) is 28.3 Å². The molecule has 0 radical (unpaired) electrons. The van der Waals surface area contributed by atoms with E-state index < -0.39 is 5.97 Å². The number of carbonyl (C=O) groups is 1. The summed E-state index contributed by atoms with van der Waals surface area (Å²) in [5.74, 6) is 0.00187. The van der Waals surface area contributed by atoms with E-state index in [4.69, 9.17) is 14.1 Å². The highest BCUT2D eigenvalue weighted by atomic mass is 16.5. The van der Waals surface area contributed by atoms with Gasteiger partial charge in [-0.2, -0.15) is 0 Å². The summed E-state index contributed by atoms with van der Waals surface area (Å²) >= 11 is 0. The van der Waals surface area contributed by atoms with Crippen molar-refractivity contribution in [1.82, 2.24) is 9.97 Å². The summed E-state index contributed by atoms with van der Waals surface area (Å²) in [5.41, 5.74) is 3.06. The van der Waals surface area contributed by atoms with E-state index >= 15 is 0 Å². The normalized spacial score (nSPS) is 11.2. The number of benzene rings is 3. The summed E-state index contributed by atoms with van der Waals surface area (Å²) in [7, 11) is 0. The Morgan fingerprint density at radius 2 is 1.73 bits per heavy atom. The van der Waals surface area contributed by atoms with E-state index in [1.165, 1.54) is 6.26 Å². The maximum atomic E-state index is 12.0. The second-order valence-corrected chi connectivity index (χ2v) is 5.90. The van der Waals surface area contributed by atoms with Gasteiger partial charge in [-0.25, -0.2) is 14.8 Å². The van der Waals surface area contributed by atoms with Gasteiger partial charge in [0.15, 0.2) is 0 Å². The predicted octanol–water partition coefficient (Wildman–Crippen LogP) is 4.75. The number of furan rings is 1. The van der Waals surface area contributed by atoms with Crippen molar-refractivity contribution in [1.29, 1.82) is 0 Å². The summed E-state index contributed by atoms with van der Waals surface area (Å²) in [6, 6.07) is 20.5. The Kier molecular flexibility index (Phi) is 3.18. The van der Waals surface area contributed by atoms with Gasteiger partial charge >= 0.3 is 5.97 Å². The molecule has 0 spiro atoms. The molecule has 26 heavy (non-hydrogen) atoms. The maximum Gasteiger partial charge on any atom is 0.379 e. The fourth-order valence-corrected chi connectivity index (χ4v) is 3.00. The first-order valence-corrected chi connectivity index (χ1v) is 8.13. The van der Waals surface area contributed by atoms with Crippen LogP contribution in [0.5, 0.6) is 5.75 Å². The summed E-state index contributed by atoms with van der Waals surface area (Å²) < 4.78 is 10.4. The van der Waals surface area contributed by atoms with Gasteiger partial charge in [0.1, 0.15) is 5.75 Å². The average molecular weight is 340 g/mol. The number of nitrogens with zero attached hydrogens (tertiary/aromatic N) is 2. The van der Waals surface area contributed by atoms with Gasteiger partial charge in [0.25, 0.3) is 0 Å². The van der Waals surface area contributed by atoms with Crippen LogP contribution in [0.4, 0.5) is 0 Å². The molecule has 0 bridgehead atoms. The van der Waals surface area contributed by atoms with Crippen molar-refractivity contribution in [2.75, 3.05) is 0 Å². The van der Waals surface area contributed by atoms with Crippen LogP contribution in [0.1, 0.15) is 10.6 Å². The van der Waals surface area contributed by atoms with Crippen LogP contribution < -0.4 is 4.74 Å². The van der Waals surface area contributed by atoms with Crippen molar-refractivity contribution in [2.45, 2.75) is 0 Å². The van der Waals surface area contributed by atoms with Crippen LogP contribution in [-0.4, -0.2) is 15.9 Å². The molecule has 5 nitrogen and oxygen atoms in total. The van der Waals surface area contributed by atoms with Crippen molar-refractivity contribution in [3.63, 3.8) is 0 Å². The Hall–Kier alpha value is -3.73. The monoisotopic (exact) mass is 340 g/mol. The molecule has 0 fully saturated rings. The minimum absolute atomic E-state index is 0.153. The molecule has 2 heterocycles. The highest BCUT2D eigenvalue weighted by Gasteiger charge is 2.12. The number of ether oxygens (including phenoxy) is 1. The molecule has 0 saturated carbocycles. The Bertz CT molecular complexity index is 1280. The van der Waals surface area contributed by atoms with Crippen LogP contribution >= 0.6 is 0 Å². The lowest BCUT2D eigenvalue weighted by atomic mass is 10.1. The van der Waals surface area contributed by atoms with Crippen molar-refractivity contribution >= 4 is 38.8 Å². The Labute approximate surface area is 147 Å². The largest absolute Gasteiger partial charge is 0.457 e. The molecule has 0 aliphatic heterocycles. The molecule has 124 valence electrons. The smallest absolute Gasteiger partial charge is 0.379 e. The number of fused-ring (bicyclic) bond motifs is 4. The zero-order valence-corrected chi connectivity index (χ0v) is 13.5. The van der Waals surface area contributed by atoms with Crippen LogP contribution in [0.3, 0.4) is 0 Å². The summed E-state index contributed by atoms with van der Waals surface area (Å²) in [6.45, 7) is 0. The van der Waals surface area contributed by atoms with E-state index in [1.807, 2.05) is 36.4 Å². The third-order valence-electron chi connectivity index (χ3n) is 4.23. The Morgan fingerprint density at radius 1 is 0.846 bits per heavy atom. The van der Waals surface area contributed by atoms with Gasteiger partial charge in [-0.3, -0.25) is 0 Å². The lowest BCUT2D eigenvalue weighted by Crippen LogP contribution is -2.07. The highest BCUT2D eigenvalue weighted by Crippen LogP contribution is 2.26. The highest BCUT2D eigenvalue weighted by molar-refractivity contribution is 6.05. The number of carbonyl (C=O) groups excluding carboxylic acids is 1. The zero-order chi connectivity index (χ0) is 17.5. The zero-order valence-electron chi connectivity index (χ0n) is 13.5. The van der Waals surface area contributed by atoms with Gasteiger partial charge in [-0.1, -0.05) is 30.3 Å². The standard InChI is InChI=1S/C21H12N2O3/c24-21(19-6-3-11-25-19)26-14-8-10-16-18(12-14)23-20-15-5-2-1-4-13(15)7-9-17(20)22-16/h1-12H. The van der Waals surface area contributed by atoms with Crippen LogP contribution in [0.25, 0.3) is 32.8 Å². The topological polar surface area (TPSA) is 65.2 Å². The first kappa shape index (κ1) is 14.6. The van der Waals surface area contributed by atoms with Gasteiger partial charge in [-0.15, -0.1) is 0 Å². The molecule has 0 N–H and O–H groups in total. The molecule has 5 heteroatoms. The average Bonchev–Trinajstić information content (AvgIpc) is 3.21. The third kappa shape index (κ3) is 2.38. The Morgan fingerprint density at radius 3 is 2.62 bits per heavy atom. The molecule has 5 rings (SSSR count). The lowest BCUT2D eigenvalue weighted by Gasteiger charge is -2.06. The summed E-state index contributed by atoms with van der Waals surface area (Å²) in [5, 5.41) is 2.14. The van der Waals surface area contributed by atoms with Crippen LogP contribution in [0, 0.1) is 0 Å². The lowest BCUT2D eigenvalue weighted by molar-refractivity contribution is 0.0701. The van der Waals surface area contributed by atoms with Gasteiger partial charge in [0.2, 0.25) is 5.76 Å². The molecule has 0 aliphatic rings. The number of rotatable bonds is 2. The molecular weight excluding hydrogens is 328 g/mol. The third-order valence-corrected chi connectivity index (χ3v) is 4.23. The molecule has 0 unspecified atom stereocenters. The number of aromatic nitrogens is 2. The van der Waals surface area contributed by atoms with E-state index in [9.17, 15) is 4.79 Å². The molecule has 3 aromatic carbocycles. The fourth-order valence-electron chi connectivity index (χ4n) is 3.00. The molecule has 2 aromatic heterocycles. The number of hydrogen-bond acceptors (Lipinski definition) is 5. The van der Waals surface area contributed by atoms with Gasteiger partial charge in [-0.05, 0) is 35.7 Å². The van der Waals surface area contributed by atoms with E-state index in [2.05, 4.69) is 4.98 Å². The van der Waals surface area contributed by atoms with E-state index in [1.54, 1.807) is 30.3 Å². The molecular formula is C21H12N2O3. The van der Waals surface area contributed by atoms with E-state index in [0.717, 1.165) is 27.3 Å². The van der Waals surface area contributed by atoms with E-state index in [0.29, 0.717) is 11.3 Å². The fraction of sp³-hybridized carbons (Fsp3) is 0. The minimum atomic E-state index is -0.548. The van der Waals surface area contributed by atoms with Crippen LogP contribution in [0.15, 0.2) is 77.4 Å². The van der Waals surface area contributed by atoms with Crippen LogP contribution in [0.2, 0.25) is 0 Å². The second kappa shape index (κ2) is 5.67. The number of esters is 1. The van der Waals surface area contributed by atoms with E-state index in [-0.39, 0.29) is 5.76 Å². The van der Waals surface area contributed by atoms with Crippen molar-refractivity contribution < 1.29 is 13.9 Å². The van der Waals surface area contributed by atoms with Crippen molar-refractivity contribution in [3.8, 4) is 5.75 Å². The molecule has 0 amide bonds. The minimum Gasteiger partial charge on any atom is -0.457 e. The van der Waals surface area contributed by atoms with Crippen molar-refractivity contribution in [3.05, 3.63) is 78.8 Å². The summed E-state index contributed by atoms with van der Waals surface area (Å²) in [4.78, 5) is 21.5. The molecule has 5 aromatic rings. The Balaban J connectivity index is 1.63. The first-order chi connectivity index (χ1) is 12.8. The van der Waals surface area contributed by atoms with Gasteiger partial charge < -0.3 is 9.15 Å². The number of hydrogen-bond donors (Lipinski definition) is 0. The molecule has 0 aliphatic carbocycles. The first-order valence-electron chi connectivity index (χ1n) is 8.13. The summed E-state index contributed by atoms with van der Waals surface area (Å²) in [6.07, 6.45) is 1.43. The second-order valence-electron chi connectivity index (χ2n) is 5.90.